The van der Waals surface area contributed by atoms with E-state index in [2.05, 4.69) is 10.2 Å². The lowest BCUT2D eigenvalue weighted by Crippen LogP contribution is -2.28. The summed E-state index contributed by atoms with van der Waals surface area (Å²) >= 11 is 0. The van der Waals surface area contributed by atoms with Crippen molar-refractivity contribution in [3.05, 3.63) is 24.3 Å². The maximum absolute atomic E-state index is 10.9. The SMILES string of the molecule is CCC(Nc1ccc(N(CC)CCO)cc1)C(=O)O. The fourth-order valence-corrected chi connectivity index (χ4v) is 1.90. The number of aliphatic hydroxyl groups is 1. The van der Waals surface area contributed by atoms with Crippen LogP contribution in [0.25, 0.3) is 0 Å². The third kappa shape index (κ3) is 4.44. The van der Waals surface area contributed by atoms with Crippen molar-refractivity contribution in [3.63, 3.8) is 0 Å². The van der Waals surface area contributed by atoms with Crippen LogP contribution in [0.4, 0.5) is 11.4 Å². The standard InChI is InChI=1S/C14H22N2O3/c1-3-13(14(18)19)15-11-5-7-12(8-6-11)16(4-2)9-10-17/h5-8,13,15,17H,3-4,9-10H2,1-2H3,(H,18,19). The lowest BCUT2D eigenvalue weighted by Gasteiger charge is -2.22. The van der Waals surface area contributed by atoms with Crippen molar-refractivity contribution < 1.29 is 15.0 Å². The first kappa shape index (κ1) is 15.3. The van der Waals surface area contributed by atoms with E-state index in [1.807, 2.05) is 38.1 Å². The molecule has 0 heterocycles. The van der Waals surface area contributed by atoms with Crippen molar-refractivity contribution in [1.29, 1.82) is 0 Å². The first-order chi connectivity index (χ1) is 9.12. The number of likely N-dealkylation sites (N-methyl/N-ethyl adjacent to an activating group) is 1. The van der Waals surface area contributed by atoms with Crippen molar-refractivity contribution in [3.8, 4) is 0 Å². The van der Waals surface area contributed by atoms with Crippen LogP contribution in [-0.2, 0) is 4.79 Å². The van der Waals surface area contributed by atoms with E-state index in [1.165, 1.54) is 0 Å². The molecule has 0 spiro atoms. The highest BCUT2D eigenvalue weighted by molar-refractivity contribution is 5.77. The van der Waals surface area contributed by atoms with Crippen molar-refractivity contribution in [2.24, 2.45) is 0 Å². The average Bonchev–Trinajstić information content (AvgIpc) is 2.42. The predicted octanol–water partition coefficient (Wildman–Crippen LogP) is 1.78. The Morgan fingerprint density at radius 3 is 2.37 bits per heavy atom. The van der Waals surface area contributed by atoms with Gasteiger partial charge < -0.3 is 20.4 Å². The van der Waals surface area contributed by atoms with E-state index < -0.39 is 12.0 Å². The van der Waals surface area contributed by atoms with E-state index in [4.69, 9.17) is 10.2 Å². The van der Waals surface area contributed by atoms with Crippen LogP contribution in [0.5, 0.6) is 0 Å². The number of carboxylic acids is 1. The van der Waals surface area contributed by atoms with Gasteiger partial charge >= 0.3 is 5.97 Å². The van der Waals surface area contributed by atoms with Crippen molar-refractivity contribution in [1.82, 2.24) is 0 Å². The molecule has 1 aromatic carbocycles. The number of hydrogen-bond acceptors (Lipinski definition) is 4. The molecule has 0 saturated heterocycles. The van der Waals surface area contributed by atoms with Gasteiger partial charge in [-0.15, -0.1) is 0 Å². The third-order valence-corrected chi connectivity index (χ3v) is 3.03. The van der Waals surface area contributed by atoms with Gasteiger partial charge in [0, 0.05) is 24.5 Å². The van der Waals surface area contributed by atoms with Gasteiger partial charge in [-0.2, -0.15) is 0 Å². The fourth-order valence-electron chi connectivity index (χ4n) is 1.90. The number of anilines is 2. The van der Waals surface area contributed by atoms with E-state index >= 15 is 0 Å². The number of aliphatic hydroxyl groups excluding tert-OH is 1. The highest BCUT2D eigenvalue weighted by atomic mass is 16.4. The van der Waals surface area contributed by atoms with Crippen molar-refractivity contribution in [2.75, 3.05) is 29.9 Å². The third-order valence-electron chi connectivity index (χ3n) is 3.03. The van der Waals surface area contributed by atoms with Crippen LogP contribution in [0.2, 0.25) is 0 Å². The van der Waals surface area contributed by atoms with Crippen LogP contribution < -0.4 is 10.2 Å². The Morgan fingerprint density at radius 1 is 1.32 bits per heavy atom. The zero-order chi connectivity index (χ0) is 14.3. The molecular formula is C14H22N2O3. The molecule has 106 valence electrons. The number of rotatable bonds is 8. The molecule has 5 heteroatoms. The number of aliphatic carboxylic acids is 1. The summed E-state index contributed by atoms with van der Waals surface area (Å²) in [5.41, 5.74) is 1.81. The van der Waals surface area contributed by atoms with Gasteiger partial charge in [0.15, 0.2) is 0 Å². The van der Waals surface area contributed by atoms with Gasteiger partial charge in [0.05, 0.1) is 6.61 Å². The molecular weight excluding hydrogens is 244 g/mol. The van der Waals surface area contributed by atoms with Gasteiger partial charge in [0.2, 0.25) is 0 Å². The van der Waals surface area contributed by atoms with Crippen LogP contribution in [0.3, 0.4) is 0 Å². The molecule has 19 heavy (non-hydrogen) atoms. The van der Waals surface area contributed by atoms with E-state index in [-0.39, 0.29) is 6.61 Å². The summed E-state index contributed by atoms with van der Waals surface area (Å²) in [4.78, 5) is 13.0. The van der Waals surface area contributed by atoms with Gasteiger partial charge in [-0.3, -0.25) is 0 Å². The summed E-state index contributed by atoms with van der Waals surface area (Å²) in [7, 11) is 0. The molecule has 3 N–H and O–H groups in total. The van der Waals surface area contributed by atoms with Gasteiger partial charge in [-0.1, -0.05) is 6.92 Å². The molecule has 0 aliphatic rings. The maximum Gasteiger partial charge on any atom is 0.326 e. The second kappa shape index (κ2) is 7.63. The van der Waals surface area contributed by atoms with Crippen LogP contribution >= 0.6 is 0 Å². The molecule has 0 fully saturated rings. The minimum Gasteiger partial charge on any atom is -0.480 e. The molecule has 1 rings (SSSR count). The molecule has 1 atom stereocenters. The van der Waals surface area contributed by atoms with Gasteiger partial charge in [0.1, 0.15) is 6.04 Å². The maximum atomic E-state index is 10.9. The first-order valence-corrected chi connectivity index (χ1v) is 6.57. The number of nitrogens with zero attached hydrogens (tertiary/aromatic N) is 1. The summed E-state index contributed by atoms with van der Waals surface area (Å²) in [5, 5.41) is 20.9. The molecule has 0 radical (unpaired) electrons. The smallest absolute Gasteiger partial charge is 0.326 e. The molecule has 0 amide bonds. The summed E-state index contributed by atoms with van der Waals surface area (Å²) in [6, 6.07) is 7.01. The predicted molar refractivity (Wildman–Crippen MR) is 76.8 cm³/mol. The molecule has 0 aliphatic carbocycles. The fraction of sp³-hybridized carbons (Fsp3) is 0.500. The number of carbonyl (C=O) groups is 1. The second-order valence-electron chi connectivity index (χ2n) is 4.29. The minimum absolute atomic E-state index is 0.116. The first-order valence-electron chi connectivity index (χ1n) is 6.57. The van der Waals surface area contributed by atoms with E-state index in [0.717, 1.165) is 17.9 Å². The van der Waals surface area contributed by atoms with E-state index in [0.29, 0.717) is 13.0 Å². The van der Waals surface area contributed by atoms with Crippen molar-refractivity contribution >= 4 is 17.3 Å². The Labute approximate surface area is 113 Å². The van der Waals surface area contributed by atoms with Crippen LogP contribution in [0, 0.1) is 0 Å². The molecule has 0 aliphatic heterocycles. The Balaban J connectivity index is 2.72. The van der Waals surface area contributed by atoms with Gasteiger partial charge in [-0.25, -0.2) is 4.79 Å². The van der Waals surface area contributed by atoms with E-state index in [9.17, 15) is 4.79 Å². The quantitative estimate of drug-likeness (QED) is 0.669. The Hall–Kier alpha value is -1.75. The van der Waals surface area contributed by atoms with E-state index in [1.54, 1.807) is 0 Å². The molecule has 0 saturated carbocycles. The Kier molecular flexibility index (Phi) is 6.15. The number of nitrogens with one attached hydrogen (secondary N) is 1. The minimum atomic E-state index is -0.845. The molecule has 0 aromatic heterocycles. The number of hydrogen-bond donors (Lipinski definition) is 3. The molecule has 1 unspecified atom stereocenters. The van der Waals surface area contributed by atoms with Crippen LogP contribution in [0.1, 0.15) is 20.3 Å². The summed E-state index contributed by atoms with van der Waals surface area (Å²) in [6.45, 7) is 5.39. The normalized spacial score (nSPS) is 11.9. The Bertz CT molecular complexity index is 392. The summed E-state index contributed by atoms with van der Waals surface area (Å²) in [5.74, 6) is -0.845. The van der Waals surface area contributed by atoms with Gasteiger partial charge in [0.25, 0.3) is 0 Å². The largest absolute Gasteiger partial charge is 0.480 e. The monoisotopic (exact) mass is 266 g/mol. The highest BCUT2D eigenvalue weighted by Crippen LogP contribution is 2.18. The topological polar surface area (TPSA) is 72.8 Å². The zero-order valence-electron chi connectivity index (χ0n) is 11.5. The zero-order valence-corrected chi connectivity index (χ0v) is 11.5. The van der Waals surface area contributed by atoms with Crippen LogP contribution in [0.15, 0.2) is 24.3 Å². The highest BCUT2D eigenvalue weighted by Gasteiger charge is 2.14. The molecule has 5 nitrogen and oxygen atoms in total. The van der Waals surface area contributed by atoms with Crippen molar-refractivity contribution in [2.45, 2.75) is 26.3 Å². The summed E-state index contributed by atoms with van der Waals surface area (Å²) in [6.07, 6.45) is 0.530. The second-order valence-corrected chi connectivity index (χ2v) is 4.29. The summed E-state index contributed by atoms with van der Waals surface area (Å²) < 4.78 is 0. The number of carboxylic acid groups (broad SMARTS) is 1. The molecule has 0 bridgehead atoms. The van der Waals surface area contributed by atoms with Gasteiger partial charge in [-0.05, 0) is 37.6 Å². The average molecular weight is 266 g/mol. The Morgan fingerprint density at radius 2 is 1.95 bits per heavy atom. The van der Waals surface area contributed by atoms with Crippen LogP contribution in [-0.4, -0.2) is 41.9 Å². The number of benzene rings is 1. The lowest BCUT2D eigenvalue weighted by atomic mass is 10.2. The molecule has 1 aromatic rings. The lowest BCUT2D eigenvalue weighted by molar-refractivity contribution is -0.137.